The molecule has 29 heavy (non-hydrogen) atoms. The summed E-state index contributed by atoms with van der Waals surface area (Å²) >= 11 is 0. The standard InChI is InChI=1S/C23H29N3O2.ClH/c1-23(2,3)22(28)25-13-16-9-11-18(12-10-16)21(27)26-14-19(20(24)15-26)17-7-5-4-6-8-17;/h4-12,19-20H,13-15,24H2,1-3H3,(H,25,28);1H/t19-,20+;/m0./s1. The number of amides is 2. The predicted octanol–water partition coefficient (Wildman–Crippen LogP) is 3.34. The van der Waals surface area contributed by atoms with Crippen LogP contribution < -0.4 is 11.1 Å². The van der Waals surface area contributed by atoms with E-state index in [9.17, 15) is 9.59 Å². The lowest BCUT2D eigenvalue weighted by atomic mass is 9.95. The number of rotatable bonds is 4. The number of benzene rings is 2. The van der Waals surface area contributed by atoms with Gasteiger partial charge in [0.1, 0.15) is 0 Å². The molecule has 0 bridgehead atoms. The maximum Gasteiger partial charge on any atom is 0.253 e. The summed E-state index contributed by atoms with van der Waals surface area (Å²) in [5.41, 5.74) is 8.68. The van der Waals surface area contributed by atoms with Crippen molar-refractivity contribution in [1.82, 2.24) is 10.2 Å². The maximum atomic E-state index is 12.9. The minimum atomic E-state index is -0.417. The molecule has 0 spiro atoms. The van der Waals surface area contributed by atoms with Gasteiger partial charge in [0, 0.05) is 42.6 Å². The Balaban J connectivity index is 0.00000300. The highest BCUT2D eigenvalue weighted by molar-refractivity contribution is 5.94. The number of carbonyl (C=O) groups is 2. The van der Waals surface area contributed by atoms with Gasteiger partial charge >= 0.3 is 0 Å². The van der Waals surface area contributed by atoms with Crippen molar-refractivity contribution in [2.75, 3.05) is 13.1 Å². The molecule has 0 radical (unpaired) electrons. The third-order valence-electron chi connectivity index (χ3n) is 5.22. The van der Waals surface area contributed by atoms with Crippen molar-refractivity contribution in [3.05, 3.63) is 71.3 Å². The van der Waals surface area contributed by atoms with Crippen LogP contribution in [0.15, 0.2) is 54.6 Å². The zero-order chi connectivity index (χ0) is 20.3. The van der Waals surface area contributed by atoms with Crippen molar-refractivity contribution in [3.63, 3.8) is 0 Å². The van der Waals surface area contributed by atoms with Gasteiger partial charge < -0.3 is 16.0 Å². The van der Waals surface area contributed by atoms with E-state index in [2.05, 4.69) is 17.4 Å². The Morgan fingerprint density at radius 3 is 2.24 bits per heavy atom. The van der Waals surface area contributed by atoms with Gasteiger partial charge in [0.25, 0.3) is 5.91 Å². The lowest BCUT2D eigenvalue weighted by molar-refractivity contribution is -0.128. The van der Waals surface area contributed by atoms with E-state index in [1.165, 1.54) is 5.56 Å². The minimum absolute atomic E-state index is 0. The molecule has 5 nitrogen and oxygen atoms in total. The van der Waals surface area contributed by atoms with Crippen molar-refractivity contribution in [1.29, 1.82) is 0 Å². The Morgan fingerprint density at radius 1 is 1.03 bits per heavy atom. The second-order valence-corrected chi connectivity index (χ2v) is 8.52. The van der Waals surface area contributed by atoms with Crippen LogP contribution in [-0.2, 0) is 11.3 Å². The molecule has 2 amide bonds. The number of halogens is 1. The lowest BCUT2D eigenvalue weighted by Gasteiger charge is -2.18. The van der Waals surface area contributed by atoms with Gasteiger partial charge in [-0.3, -0.25) is 9.59 Å². The van der Waals surface area contributed by atoms with E-state index in [1.54, 1.807) is 0 Å². The van der Waals surface area contributed by atoms with Gasteiger partial charge in [-0.15, -0.1) is 12.4 Å². The summed E-state index contributed by atoms with van der Waals surface area (Å²) in [6, 6.07) is 17.5. The topological polar surface area (TPSA) is 75.4 Å². The van der Waals surface area contributed by atoms with Crippen molar-refractivity contribution < 1.29 is 9.59 Å². The number of hydrogen-bond donors (Lipinski definition) is 2. The number of nitrogens with two attached hydrogens (primary N) is 1. The number of nitrogens with zero attached hydrogens (tertiary/aromatic N) is 1. The summed E-state index contributed by atoms with van der Waals surface area (Å²) in [6.45, 7) is 7.29. The van der Waals surface area contributed by atoms with Crippen molar-refractivity contribution >= 4 is 24.2 Å². The molecular formula is C23H30ClN3O2. The van der Waals surface area contributed by atoms with Gasteiger partial charge in [0.05, 0.1) is 0 Å². The molecule has 2 aromatic carbocycles. The monoisotopic (exact) mass is 415 g/mol. The van der Waals surface area contributed by atoms with E-state index >= 15 is 0 Å². The van der Waals surface area contributed by atoms with Crippen LogP contribution in [-0.4, -0.2) is 35.8 Å². The summed E-state index contributed by atoms with van der Waals surface area (Å²) in [5.74, 6) is 0.168. The zero-order valence-electron chi connectivity index (χ0n) is 17.2. The quantitative estimate of drug-likeness (QED) is 0.804. The minimum Gasteiger partial charge on any atom is -0.352 e. The SMILES string of the molecule is CC(C)(C)C(=O)NCc1ccc(C(=O)N2C[C@@H](N)[C@H](c3ccccc3)C2)cc1.Cl. The zero-order valence-corrected chi connectivity index (χ0v) is 18.0. The summed E-state index contributed by atoms with van der Waals surface area (Å²) in [4.78, 5) is 26.7. The second-order valence-electron chi connectivity index (χ2n) is 8.52. The van der Waals surface area contributed by atoms with Crippen LogP contribution >= 0.6 is 12.4 Å². The molecule has 1 aliphatic rings. The second kappa shape index (κ2) is 9.42. The van der Waals surface area contributed by atoms with Crippen LogP contribution in [0.4, 0.5) is 0 Å². The van der Waals surface area contributed by atoms with Crippen molar-refractivity contribution in [2.24, 2.45) is 11.1 Å². The molecule has 0 aromatic heterocycles. The molecule has 3 N–H and O–H groups in total. The fourth-order valence-electron chi connectivity index (χ4n) is 3.44. The summed E-state index contributed by atoms with van der Waals surface area (Å²) in [7, 11) is 0. The molecule has 0 saturated carbocycles. The third kappa shape index (κ3) is 5.58. The number of hydrogen-bond acceptors (Lipinski definition) is 3. The van der Waals surface area contributed by atoms with Crippen molar-refractivity contribution in [2.45, 2.75) is 39.3 Å². The first-order chi connectivity index (χ1) is 13.3. The molecule has 3 rings (SSSR count). The predicted molar refractivity (Wildman–Crippen MR) is 118 cm³/mol. The van der Waals surface area contributed by atoms with E-state index in [0.29, 0.717) is 25.2 Å². The average molecular weight is 416 g/mol. The average Bonchev–Trinajstić information content (AvgIpc) is 3.07. The van der Waals surface area contributed by atoms with Gasteiger partial charge in [0.2, 0.25) is 5.91 Å². The first kappa shape index (κ1) is 22.9. The highest BCUT2D eigenvalue weighted by atomic mass is 35.5. The summed E-state index contributed by atoms with van der Waals surface area (Å²) in [5, 5.41) is 2.92. The van der Waals surface area contributed by atoms with E-state index in [-0.39, 0.29) is 36.2 Å². The van der Waals surface area contributed by atoms with Crippen LogP contribution in [0.2, 0.25) is 0 Å². The molecule has 2 atom stereocenters. The largest absolute Gasteiger partial charge is 0.352 e. The third-order valence-corrected chi connectivity index (χ3v) is 5.22. The summed E-state index contributed by atoms with van der Waals surface area (Å²) < 4.78 is 0. The first-order valence-electron chi connectivity index (χ1n) is 9.73. The van der Waals surface area contributed by atoms with Gasteiger partial charge in [-0.2, -0.15) is 0 Å². The number of likely N-dealkylation sites (tertiary alicyclic amines) is 1. The maximum absolute atomic E-state index is 12.9. The van der Waals surface area contributed by atoms with E-state index in [1.807, 2.05) is 68.1 Å². The number of carbonyl (C=O) groups excluding carboxylic acids is 2. The van der Waals surface area contributed by atoms with E-state index in [0.717, 1.165) is 5.56 Å². The Hall–Kier alpha value is -2.37. The molecular weight excluding hydrogens is 386 g/mol. The van der Waals surface area contributed by atoms with Crippen molar-refractivity contribution in [3.8, 4) is 0 Å². The molecule has 2 aromatic rings. The molecule has 1 heterocycles. The van der Waals surface area contributed by atoms with Gasteiger partial charge in [0.15, 0.2) is 0 Å². The lowest BCUT2D eigenvalue weighted by Crippen LogP contribution is -2.34. The molecule has 6 heteroatoms. The Morgan fingerprint density at radius 2 is 1.66 bits per heavy atom. The molecule has 1 aliphatic heterocycles. The molecule has 156 valence electrons. The normalized spacial score (nSPS) is 18.8. The van der Waals surface area contributed by atoms with Crippen LogP contribution in [0.3, 0.4) is 0 Å². The number of nitrogens with one attached hydrogen (secondary N) is 1. The van der Waals surface area contributed by atoms with Crippen LogP contribution in [0, 0.1) is 5.41 Å². The fraction of sp³-hybridized carbons (Fsp3) is 0.391. The highest BCUT2D eigenvalue weighted by Crippen LogP contribution is 2.27. The smallest absolute Gasteiger partial charge is 0.253 e. The Labute approximate surface area is 179 Å². The molecule has 1 fully saturated rings. The van der Waals surface area contributed by atoms with Gasteiger partial charge in [-0.05, 0) is 23.3 Å². The highest BCUT2D eigenvalue weighted by Gasteiger charge is 2.34. The van der Waals surface area contributed by atoms with Gasteiger partial charge in [-0.25, -0.2) is 0 Å². The molecule has 1 saturated heterocycles. The van der Waals surface area contributed by atoms with E-state index in [4.69, 9.17) is 5.73 Å². The van der Waals surface area contributed by atoms with Crippen LogP contribution in [0.1, 0.15) is 48.2 Å². The summed E-state index contributed by atoms with van der Waals surface area (Å²) in [6.07, 6.45) is 0. The molecule has 0 unspecified atom stereocenters. The van der Waals surface area contributed by atoms with Crippen LogP contribution in [0.5, 0.6) is 0 Å². The first-order valence-corrected chi connectivity index (χ1v) is 9.73. The van der Waals surface area contributed by atoms with Gasteiger partial charge in [-0.1, -0.05) is 63.2 Å². The Bertz CT molecular complexity index is 831. The molecule has 0 aliphatic carbocycles. The van der Waals surface area contributed by atoms with Crippen LogP contribution in [0.25, 0.3) is 0 Å². The fourth-order valence-corrected chi connectivity index (χ4v) is 3.44. The Kier molecular flexibility index (Phi) is 7.44. The van der Waals surface area contributed by atoms with E-state index < -0.39 is 5.41 Å².